The first-order valence-electron chi connectivity index (χ1n) is 9.20. The predicted molar refractivity (Wildman–Crippen MR) is 113 cm³/mol. The van der Waals surface area contributed by atoms with Crippen LogP contribution in [0.15, 0.2) is 62.3 Å². The van der Waals surface area contributed by atoms with Crippen molar-refractivity contribution in [3.8, 4) is 11.4 Å². The average Bonchev–Trinajstić information content (AvgIpc) is 3.23. The number of hydrogen-bond acceptors (Lipinski definition) is 7. The van der Waals surface area contributed by atoms with Gasteiger partial charge in [-0.15, -0.1) is 0 Å². The van der Waals surface area contributed by atoms with Crippen LogP contribution in [0.25, 0.3) is 22.3 Å². The van der Waals surface area contributed by atoms with E-state index in [4.69, 9.17) is 9.26 Å². The minimum absolute atomic E-state index is 0.0746. The van der Waals surface area contributed by atoms with Crippen LogP contribution in [0.1, 0.15) is 18.1 Å². The summed E-state index contributed by atoms with van der Waals surface area (Å²) >= 11 is 3.39. The Morgan fingerprint density at radius 1 is 1.17 bits per heavy atom. The van der Waals surface area contributed by atoms with Gasteiger partial charge >= 0.3 is 5.97 Å². The molecule has 2 aromatic heterocycles. The van der Waals surface area contributed by atoms with Gasteiger partial charge in [0.05, 0.1) is 17.3 Å². The van der Waals surface area contributed by atoms with E-state index in [1.54, 1.807) is 25.2 Å². The Hall–Kier alpha value is -3.33. The van der Waals surface area contributed by atoms with Crippen molar-refractivity contribution < 1.29 is 14.1 Å². The van der Waals surface area contributed by atoms with Crippen LogP contribution in [0.4, 0.5) is 0 Å². The monoisotopic (exact) mass is 468 g/mol. The van der Waals surface area contributed by atoms with Crippen LogP contribution < -0.4 is 5.56 Å². The molecule has 0 bridgehead atoms. The van der Waals surface area contributed by atoms with Crippen molar-refractivity contribution in [3.05, 3.63) is 75.1 Å². The molecule has 0 fully saturated rings. The minimum Gasteiger partial charge on any atom is -0.456 e. The molecule has 0 saturated carbocycles. The fourth-order valence-corrected chi connectivity index (χ4v) is 3.37. The van der Waals surface area contributed by atoms with Gasteiger partial charge < -0.3 is 9.26 Å². The Balaban J connectivity index is 1.37. The van der Waals surface area contributed by atoms with Crippen LogP contribution in [0.3, 0.4) is 0 Å². The Bertz CT molecular complexity index is 1280. The number of aromatic nitrogens is 4. The summed E-state index contributed by atoms with van der Waals surface area (Å²) in [5.41, 5.74) is 1.25. The highest BCUT2D eigenvalue weighted by Crippen LogP contribution is 2.20. The molecular weight excluding hydrogens is 452 g/mol. The van der Waals surface area contributed by atoms with E-state index in [9.17, 15) is 9.59 Å². The zero-order valence-electron chi connectivity index (χ0n) is 16.0. The van der Waals surface area contributed by atoms with Crippen molar-refractivity contribution in [3.63, 3.8) is 0 Å². The largest absolute Gasteiger partial charge is 0.456 e. The summed E-state index contributed by atoms with van der Waals surface area (Å²) in [7, 11) is 1.64. The second kappa shape index (κ2) is 8.58. The molecule has 0 aliphatic carbocycles. The van der Waals surface area contributed by atoms with E-state index >= 15 is 0 Å². The fraction of sp³-hybridized carbons (Fsp3) is 0.190. The van der Waals surface area contributed by atoms with Crippen molar-refractivity contribution in [2.75, 3.05) is 0 Å². The van der Waals surface area contributed by atoms with Crippen molar-refractivity contribution in [1.29, 1.82) is 0 Å². The molecule has 0 amide bonds. The van der Waals surface area contributed by atoms with E-state index in [-0.39, 0.29) is 30.9 Å². The lowest BCUT2D eigenvalue weighted by Gasteiger charge is -2.08. The molecular formula is C21H17BrN4O4. The quantitative estimate of drug-likeness (QED) is 0.399. The van der Waals surface area contributed by atoms with Gasteiger partial charge in [-0.25, -0.2) is 4.98 Å². The lowest BCUT2D eigenvalue weighted by Crippen LogP contribution is -2.23. The fourth-order valence-electron chi connectivity index (χ4n) is 2.97. The number of esters is 1. The summed E-state index contributed by atoms with van der Waals surface area (Å²) in [5, 5.41) is 4.45. The highest BCUT2D eigenvalue weighted by Gasteiger charge is 2.13. The van der Waals surface area contributed by atoms with Crippen LogP contribution in [0.2, 0.25) is 0 Å². The average molecular weight is 469 g/mol. The molecule has 8 nitrogen and oxygen atoms in total. The number of carbonyl (C=O) groups is 1. The highest BCUT2D eigenvalue weighted by molar-refractivity contribution is 9.10. The Labute approximate surface area is 179 Å². The summed E-state index contributed by atoms with van der Waals surface area (Å²) in [5.74, 6) is 0.692. The van der Waals surface area contributed by atoms with Gasteiger partial charge in [-0.2, -0.15) is 4.98 Å². The number of aryl methyl sites for hydroxylation is 1. The number of rotatable bonds is 6. The maximum absolute atomic E-state index is 12.4. The first-order chi connectivity index (χ1) is 14.5. The number of carbonyl (C=O) groups excluding carboxylic acids is 1. The number of fused-ring (bicyclic) bond motifs is 1. The topological polar surface area (TPSA) is 100 Å². The molecule has 0 spiro atoms. The van der Waals surface area contributed by atoms with Gasteiger partial charge in [0.2, 0.25) is 5.82 Å². The zero-order valence-corrected chi connectivity index (χ0v) is 17.6. The van der Waals surface area contributed by atoms with E-state index in [0.29, 0.717) is 22.6 Å². The third kappa shape index (κ3) is 4.30. The lowest BCUT2D eigenvalue weighted by molar-refractivity contribution is -0.145. The van der Waals surface area contributed by atoms with E-state index in [0.717, 1.165) is 10.0 Å². The first kappa shape index (κ1) is 20.0. The van der Waals surface area contributed by atoms with Crippen LogP contribution >= 0.6 is 15.9 Å². The van der Waals surface area contributed by atoms with Crippen LogP contribution in [-0.4, -0.2) is 25.7 Å². The molecule has 152 valence electrons. The molecule has 0 saturated heterocycles. The van der Waals surface area contributed by atoms with Crippen molar-refractivity contribution in [2.24, 2.45) is 7.05 Å². The SMILES string of the molecule is Cn1c(CCC(=O)OCc2nc(-c3cccc(Br)c3)no2)nc2ccccc2c1=O. The molecule has 0 N–H and O–H groups in total. The molecule has 2 aromatic carbocycles. The summed E-state index contributed by atoms with van der Waals surface area (Å²) < 4.78 is 12.7. The molecule has 0 radical (unpaired) electrons. The van der Waals surface area contributed by atoms with Crippen molar-refractivity contribution >= 4 is 32.8 Å². The second-order valence-electron chi connectivity index (χ2n) is 6.59. The van der Waals surface area contributed by atoms with Gasteiger partial charge in [0.25, 0.3) is 11.4 Å². The molecule has 0 unspecified atom stereocenters. The summed E-state index contributed by atoms with van der Waals surface area (Å²) in [6.07, 6.45) is 0.355. The van der Waals surface area contributed by atoms with Crippen LogP contribution in [-0.2, 0) is 29.6 Å². The van der Waals surface area contributed by atoms with Crippen molar-refractivity contribution in [1.82, 2.24) is 19.7 Å². The Kier molecular flexibility index (Phi) is 5.71. The number of hydrogen-bond donors (Lipinski definition) is 0. The number of para-hydroxylation sites is 1. The number of nitrogens with zero attached hydrogens (tertiary/aromatic N) is 4. The van der Waals surface area contributed by atoms with E-state index in [1.165, 1.54) is 4.57 Å². The zero-order chi connectivity index (χ0) is 21.1. The van der Waals surface area contributed by atoms with E-state index in [2.05, 4.69) is 31.1 Å². The Morgan fingerprint density at radius 2 is 2.00 bits per heavy atom. The maximum atomic E-state index is 12.4. The molecule has 0 aliphatic heterocycles. The molecule has 4 rings (SSSR count). The predicted octanol–water partition coefficient (Wildman–Crippen LogP) is 3.42. The Morgan fingerprint density at radius 3 is 2.83 bits per heavy atom. The maximum Gasteiger partial charge on any atom is 0.306 e. The van der Waals surface area contributed by atoms with Gasteiger partial charge in [0, 0.05) is 23.5 Å². The van der Waals surface area contributed by atoms with Gasteiger partial charge in [0.1, 0.15) is 5.82 Å². The van der Waals surface area contributed by atoms with E-state index < -0.39 is 5.97 Å². The number of benzene rings is 2. The van der Waals surface area contributed by atoms with Crippen LogP contribution in [0.5, 0.6) is 0 Å². The molecule has 2 heterocycles. The smallest absolute Gasteiger partial charge is 0.306 e. The normalized spacial score (nSPS) is 11.0. The summed E-state index contributed by atoms with van der Waals surface area (Å²) in [4.78, 5) is 33.3. The standard InChI is InChI=1S/C21H17BrN4O4/c1-26-17(23-16-8-3-2-7-15(16)21(26)28)9-10-19(27)29-12-18-24-20(25-30-18)13-5-4-6-14(22)11-13/h2-8,11H,9-10,12H2,1H3. The number of halogens is 1. The minimum atomic E-state index is -0.445. The molecule has 4 aromatic rings. The molecule has 9 heteroatoms. The summed E-state index contributed by atoms with van der Waals surface area (Å²) in [6, 6.07) is 14.6. The molecule has 0 aliphatic rings. The first-order valence-corrected chi connectivity index (χ1v) is 9.99. The van der Waals surface area contributed by atoms with E-state index in [1.807, 2.05) is 30.3 Å². The highest BCUT2D eigenvalue weighted by atomic mass is 79.9. The van der Waals surface area contributed by atoms with Gasteiger partial charge in [0.15, 0.2) is 6.61 Å². The molecule has 30 heavy (non-hydrogen) atoms. The lowest BCUT2D eigenvalue weighted by atomic mass is 10.2. The third-order valence-corrected chi connectivity index (χ3v) is 5.03. The van der Waals surface area contributed by atoms with Crippen molar-refractivity contribution in [2.45, 2.75) is 19.4 Å². The van der Waals surface area contributed by atoms with Crippen LogP contribution in [0, 0.1) is 0 Å². The second-order valence-corrected chi connectivity index (χ2v) is 7.51. The third-order valence-electron chi connectivity index (χ3n) is 4.54. The number of ether oxygens (including phenoxy) is 1. The van der Waals surface area contributed by atoms with Gasteiger partial charge in [-0.05, 0) is 24.3 Å². The van der Waals surface area contributed by atoms with Gasteiger partial charge in [-0.3, -0.25) is 14.2 Å². The van der Waals surface area contributed by atoms with Gasteiger partial charge in [-0.1, -0.05) is 45.4 Å². The summed E-state index contributed by atoms with van der Waals surface area (Å²) in [6.45, 7) is -0.121. The molecule has 0 atom stereocenters.